The predicted molar refractivity (Wildman–Crippen MR) is 79.8 cm³/mol. The molecule has 0 bridgehead atoms. The van der Waals surface area contributed by atoms with E-state index in [1.807, 2.05) is 0 Å². The molecule has 0 radical (unpaired) electrons. The maximum atomic E-state index is 11.6. The van der Waals surface area contributed by atoms with Crippen molar-refractivity contribution in [3.8, 4) is 0 Å². The molecule has 0 aliphatic heterocycles. The van der Waals surface area contributed by atoms with Crippen LogP contribution in [0.25, 0.3) is 0 Å². The van der Waals surface area contributed by atoms with Crippen LogP contribution >= 0.6 is 0 Å². The number of amides is 2. The zero-order valence-electron chi connectivity index (χ0n) is 12.7. The molecule has 0 saturated heterocycles. The van der Waals surface area contributed by atoms with Crippen molar-refractivity contribution in [3.63, 3.8) is 0 Å². The van der Waals surface area contributed by atoms with E-state index in [1.54, 1.807) is 7.11 Å². The summed E-state index contributed by atoms with van der Waals surface area (Å²) in [5.74, 6) is 0. The largest absolute Gasteiger partial charge is 0.388 e. The Bertz CT molecular complexity index is 264. The van der Waals surface area contributed by atoms with Gasteiger partial charge in [-0.15, -0.1) is 0 Å². The van der Waals surface area contributed by atoms with Crippen molar-refractivity contribution >= 4 is 6.03 Å². The number of unbranched alkanes of at least 4 members (excludes halogenated alkanes) is 2. The van der Waals surface area contributed by atoms with Gasteiger partial charge in [-0.25, -0.2) is 4.79 Å². The monoisotopic (exact) mass is 286 g/mol. The van der Waals surface area contributed by atoms with Crippen LogP contribution < -0.4 is 10.6 Å². The average molecular weight is 286 g/mol. The molecule has 1 saturated carbocycles. The van der Waals surface area contributed by atoms with Crippen LogP contribution in [-0.2, 0) is 4.74 Å². The highest BCUT2D eigenvalue weighted by Crippen LogP contribution is 2.26. The van der Waals surface area contributed by atoms with Gasteiger partial charge in [0, 0.05) is 26.8 Å². The molecule has 0 heterocycles. The van der Waals surface area contributed by atoms with Crippen LogP contribution in [0.4, 0.5) is 4.79 Å². The van der Waals surface area contributed by atoms with Gasteiger partial charge in [0.15, 0.2) is 0 Å². The highest BCUT2D eigenvalue weighted by molar-refractivity contribution is 5.73. The number of carbonyl (C=O) groups excluding carboxylic acids is 1. The molecule has 2 amide bonds. The SMILES string of the molecule is COCCCCCNC(=O)NCC1(O)CCCCCC1. The topological polar surface area (TPSA) is 70.6 Å². The second kappa shape index (κ2) is 10.00. The van der Waals surface area contributed by atoms with Gasteiger partial charge in [-0.1, -0.05) is 25.7 Å². The normalized spacial score (nSPS) is 18.3. The highest BCUT2D eigenvalue weighted by Gasteiger charge is 2.28. The van der Waals surface area contributed by atoms with Crippen molar-refractivity contribution in [2.75, 3.05) is 26.8 Å². The fourth-order valence-electron chi connectivity index (χ4n) is 2.62. The number of methoxy groups -OCH3 is 1. The van der Waals surface area contributed by atoms with Gasteiger partial charge < -0.3 is 20.5 Å². The number of nitrogens with one attached hydrogen (secondary N) is 2. The number of hydrogen-bond donors (Lipinski definition) is 3. The van der Waals surface area contributed by atoms with Gasteiger partial charge in [0.05, 0.1) is 5.60 Å². The molecule has 1 aliphatic rings. The van der Waals surface area contributed by atoms with Crippen LogP contribution in [0.2, 0.25) is 0 Å². The van der Waals surface area contributed by atoms with Crippen LogP contribution in [0.3, 0.4) is 0 Å². The molecule has 0 aromatic heterocycles. The molecule has 5 nitrogen and oxygen atoms in total. The molecular formula is C15H30N2O3. The third-order valence-corrected chi connectivity index (χ3v) is 3.92. The molecule has 0 spiro atoms. The Morgan fingerprint density at radius 2 is 1.80 bits per heavy atom. The summed E-state index contributed by atoms with van der Waals surface area (Å²) in [6.45, 7) is 1.82. The number of ether oxygens (including phenoxy) is 1. The molecule has 0 aromatic carbocycles. The number of carbonyl (C=O) groups is 1. The molecule has 5 heteroatoms. The van der Waals surface area contributed by atoms with E-state index in [-0.39, 0.29) is 6.03 Å². The van der Waals surface area contributed by atoms with E-state index in [2.05, 4.69) is 10.6 Å². The summed E-state index contributed by atoms with van der Waals surface area (Å²) in [5, 5.41) is 16.0. The van der Waals surface area contributed by atoms with Crippen molar-refractivity contribution in [3.05, 3.63) is 0 Å². The number of hydrogen-bond acceptors (Lipinski definition) is 3. The Hall–Kier alpha value is -0.810. The second-order valence-corrected chi connectivity index (χ2v) is 5.80. The lowest BCUT2D eigenvalue weighted by Gasteiger charge is -2.26. The van der Waals surface area contributed by atoms with E-state index >= 15 is 0 Å². The predicted octanol–water partition coefficient (Wildman–Crippen LogP) is 2.19. The summed E-state index contributed by atoms with van der Waals surface area (Å²) < 4.78 is 4.97. The van der Waals surface area contributed by atoms with Crippen LogP contribution in [0.1, 0.15) is 57.8 Å². The van der Waals surface area contributed by atoms with E-state index in [1.165, 1.54) is 12.8 Å². The first-order chi connectivity index (χ1) is 9.66. The van der Waals surface area contributed by atoms with Crippen molar-refractivity contribution in [2.24, 2.45) is 0 Å². The van der Waals surface area contributed by atoms with Gasteiger partial charge in [0.2, 0.25) is 0 Å². The Balaban J connectivity index is 2.06. The van der Waals surface area contributed by atoms with Crippen LogP contribution in [0, 0.1) is 0 Å². The summed E-state index contributed by atoms with van der Waals surface area (Å²) in [6.07, 6.45) is 9.12. The molecule has 1 fully saturated rings. The number of rotatable bonds is 8. The van der Waals surface area contributed by atoms with Gasteiger partial charge >= 0.3 is 6.03 Å². The van der Waals surface area contributed by atoms with Crippen molar-refractivity contribution in [1.82, 2.24) is 10.6 Å². The maximum Gasteiger partial charge on any atom is 0.314 e. The minimum atomic E-state index is -0.702. The zero-order chi connectivity index (χ0) is 14.7. The van der Waals surface area contributed by atoms with E-state index in [4.69, 9.17) is 4.74 Å². The number of aliphatic hydroxyl groups is 1. The highest BCUT2D eigenvalue weighted by atomic mass is 16.5. The van der Waals surface area contributed by atoms with Crippen molar-refractivity contribution in [1.29, 1.82) is 0 Å². The van der Waals surface area contributed by atoms with Gasteiger partial charge in [-0.3, -0.25) is 0 Å². The van der Waals surface area contributed by atoms with Crippen LogP contribution in [-0.4, -0.2) is 43.5 Å². The van der Waals surface area contributed by atoms with Crippen LogP contribution in [0.5, 0.6) is 0 Å². The Morgan fingerprint density at radius 1 is 1.10 bits per heavy atom. The lowest BCUT2D eigenvalue weighted by atomic mass is 9.95. The lowest BCUT2D eigenvalue weighted by molar-refractivity contribution is 0.0277. The molecule has 1 aliphatic carbocycles. The molecule has 3 N–H and O–H groups in total. The first-order valence-corrected chi connectivity index (χ1v) is 7.89. The number of urea groups is 1. The smallest absolute Gasteiger partial charge is 0.314 e. The first kappa shape index (κ1) is 17.2. The Morgan fingerprint density at radius 3 is 2.45 bits per heavy atom. The third kappa shape index (κ3) is 7.70. The zero-order valence-corrected chi connectivity index (χ0v) is 12.7. The maximum absolute atomic E-state index is 11.6. The summed E-state index contributed by atoms with van der Waals surface area (Å²) >= 11 is 0. The van der Waals surface area contributed by atoms with E-state index in [0.717, 1.165) is 51.6 Å². The third-order valence-electron chi connectivity index (χ3n) is 3.92. The van der Waals surface area contributed by atoms with Gasteiger partial charge in [-0.05, 0) is 32.1 Å². The summed E-state index contributed by atoms with van der Waals surface area (Å²) in [5.41, 5.74) is -0.702. The minimum Gasteiger partial charge on any atom is -0.388 e. The van der Waals surface area contributed by atoms with Crippen molar-refractivity contribution < 1.29 is 14.6 Å². The second-order valence-electron chi connectivity index (χ2n) is 5.80. The Labute approximate surface area is 122 Å². The van der Waals surface area contributed by atoms with Crippen LogP contribution in [0.15, 0.2) is 0 Å². The first-order valence-electron chi connectivity index (χ1n) is 7.89. The molecule has 20 heavy (non-hydrogen) atoms. The molecule has 0 aromatic rings. The molecule has 0 atom stereocenters. The summed E-state index contributed by atoms with van der Waals surface area (Å²) in [6, 6.07) is -0.172. The van der Waals surface area contributed by atoms with Gasteiger partial charge in [-0.2, -0.15) is 0 Å². The summed E-state index contributed by atoms with van der Waals surface area (Å²) in [4.78, 5) is 11.6. The van der Waals surface area contributed by atoms with Gasteiger partial charge in [0.25, 0.3) is 0 Å². The lowest BCUT2D eigenvalue weighted by Crippen LogP contribution is -2.46. The van der Waals surface area contributed by atoms with Crippen molar-refractivity contribution in [2.45, 2.75) is 63.4 Å². The fraction of sp³-hybridized carbons (Fsp3) is 0.933. The average Bonchev–Trinajstić information content (AvgIpc) is 2.66. The summed E-state index contributed by atoms with van der Waals surface area (Å²) in [7, 11) is 1.70. The molecular weight excluding hydrogens is 256 g/mol. The molecule has 118 valence electrons. The standard InChI is InChI=1S/C15H30N2O3/c1-20-12-8-4-7-11-16-14(18)17-13-15(19)9-5-2-3-6-10-15/h19H,2-13H2,1H3,(H2,16,17,18). The Kier molecular flexibility index (Phi) is 8.62. The van der Waals surface area contributed by atoms with E-state index in [0.29, 0.717) is 13.1 Å². The minimum absolute atomic E-state index is 0.172. The molecule has 1 rings (SSSR count). The van der Waals surface area contributed by atoms with Gasteiger partial charge in [0.1, 0.15) is 0 Å². The fourth-order valence-corrected chi connectivity index (χ4v) is 2.62. The van der Waals surface area contributed by atoms with E-state index in [9.17, 15) is 9.90 Å². The van der Waals surface area contributed by atoms with E-state index < -0.39 is 5.60 Å². The molecule has 0 unspecified atom stereocenters. The quantitative estimate of drug-likeness (QED) is 0.473.